The topological polar surface area (TPSA) is 91.0 Å². The van der Waals surface area contributed by atoms with Crippen LogP contribution in [0.5, 0.6) is 0 Å². The lowest BCUT2D eigenvalue weighted by molar-refractivity contribution is -0.149. The summed E-state index contributed by atoms with van der Waals surface area (Å²) in [6.45, 7) is 8.21. The number of amides is 3. The third-order valence-corrected chi connectivity index (χ3v) is 8.39. The number of hydrogen-bond donors (Lipinski definition) is 2. The second-order valence-electron chi connectivity index (χ2n) is 11.8. The van der Waals surface area contributed by atoms with Gasteiger partial charge in [0.2, 0.25) is 5.91 Å². The van der Waals surface area contributed by atoms with Crippen molar-refractivity contribution in [3.63, 3.8) is 0 Å². The Bertz CT molecular complexity index is 1290. The number of hydrogen-bond acceptors (Lipinski definition) is 5. The molecule has 1 atom stereocenters. The van der Waals surface area contributed by atoms with E-state index in [9.17, 15) is 14.4 Å². The summed E-state index contributed by atoms with van der Waals surface area (Å²) in [6.07, 6.45) is 5.25. The lowest BCUT2D eigenvalue weighted by Gasteiger charge is -2.37. The minimum atomic E-state index is -0.855. The molecule has 0 bridgehead atoms. The van der Waals surface area contributed by atoms with Crippen molar-refractivity contribution in [2.75, 3.05) is 38.0 Å². The van der Waals surface area contributed by atoms with Crippen LogP contribution < -0.4 is 10.6 Å². The highest BCUT2D eigenvalue weighted by atomic mass is 16.6. The van der Waals surface area contributed by atoms with Crippen LogP contribution in [-0.2, 0) is 26.5 Å². The number of nitrogens with one attached hydrogen (secondary N) is 2. The van der Waals surface area contributed by atoms with E-state index in [1.54, 1.807) is 4.90 Å². The second kappa shape index (κ2) is 12.9. The van der Waals surface area contributed by atoms with Gasteiger partial charge in [-0.15, -0.1) is 0 Å². The smallest absolute Gasteiger partial charge is 0.335 e. The van der Waals surface area contributed by atoms with Gasteiger partial charge in [0.25, 0.3) is 0 Å². The van der Waals surface area contributed by atoms with Gasteiger partial charge in [0.15, 0.2) is 5.60 Å². The molecule has 1 saturated heterocycles. The Balaban J connectivity index is 1.23. The highest BCUT2D eigenvalue weighted by Crippen LogP contribution is 2.48. The first-order valence-corrected chi connectivity index (χ1v) is 15.0. The minimum absolute atomic E-state index is 0.0156. The maximum absolute atomic E-state index is 13.4. The third kappa shape index (κ3) is 6.64. The van der Waals surface area contributed by atoms with E-state index in [4.69, 9.17) is 4.74 Å². The Kier molecular flexibility index (Phi) is 9.08. The molecule has 1 unspecified atom stereocenters. The van der Waals surface area contributed by atoms with Gasteiger partial charge in [0, 0.05) is 49.4 Å². The van der Waals surface area contributed by atoms with Crippen molar-refractivity contribution in [2.45, 2.75) is 64.5 Å². The molecule has 3 heterocycles. The Morgan fingerprint density at radius 1 is 0.976 bits per heavy atom. The van der Waals surface area contributed by atoms with Gasteiger partial charge in [-0.05, 0) is 61.9 Å². The number of para-hydroxylation sites is 1. The van der Waals surface area contributed by atoms with E-state index in [-0.39, 0.29) is 30.4 Å². The number of piperidine rings is 1. The number of anilines is 1. The number of urea groups is 1. The number of esters is 1. The molecule has 41 heavy (non-hydrogen) atoms. The number of ether oxygens (including phenoxy) is 1. The van der Waals surface area contributed by atoms with Gasteiger partial charge in [-0.25, -0.2) is 9.59 Å². The first kappa shape index (κ1) is 28.9. The average Bonchev–Trinajstić information content (AvgIpc) is 3.27. The largest absolute Gasteiger partial charge is 0.446 e. The number of benzene rings is 2. The van der Waals surface area contributed by atoms with Crippen LogP contribution in [-0.4, -0.2) is 60.4 Å². The van der Waals surface area contributed by atoms with E-state index in [0.29, 0.717) is 37.9 Å². The zero-order valence-electron chi connectivity index (χ0n) is 24.3. The molecule has 3 aliphatic rings. The Morgan fingerprint density at radius 2 is 1.71 bits per heavy atom. The van der Waals surface area contributed by atoms with Crippen LogP contribution in [0, 0.1) is 5.92 Å². The van der Waals surface area contributed by atoms with Crippen LogP contribution in [0.3, 0.4) is 0 Å². The summed E-state index contributed by atoms with van der Waals surface area (Å²) >= 11 is 0. The molecule has 0 saturated carbocycles. The van der Waals surface area contributed by atoms with Crippen LogP contribution in [0.25, 0.3) is 0 Å². The maximum Gasteiger partial charge on any atom is 0.335 e. The molecule has 0 aliphatic carbocycles. The van der Waals surface area contributed by atoms with Crippen molar-refractivity contribution < 1.29 is 19.1 Å². The molecule has 0 aromatic heterocycles. The predicted molar refractivity (Wildman–Crippen MR) is 159 cm³/mol. The molecule has 8 nitrogen and oxygen atoms in total. The van der Waals surface area contributed by atoms with Gasteiger partial charge >= 0.3 is 12.0 Å². The fourth-order valence-corrected chi connectivity index (χ4v) is 6.35. The molecule has 3 amide bonds. The number of carbonyl (C=O) groups excluding carboxylic acids is 3. The van der Waals surface area contributed by atoms with Gasteiger partial charge in [-0.1, -0.05) is 68.8 Å². The summed E-state index contributed by atoms with van der Waals surface area (Å²) in [4.78, 5) is 43.2. The quantitative estimate of drug-likeness (QED) is 0.413. The molecular formula is C33H42N4O4. The molecule has 218 valence electrons. The van der Waals surface area contributed by atoms with E-state index in [0.717, 1.165) is 42.0 Å². The van der Waals surface area contributed by atoms with Crippen LogP contribution in [0.1, 0.15) is 63.5 Å². The second-order valence-corrected chi connectivity index (χ2v) is 11.8. The summed E-state index contributed by atoms with van der Waals surface area (Å²) in [7, 11) is 0. The standard InChI is InChI=1S/C33H42N4O4/c1-24(2)21-33(26-12-5-3-6-13-26)28-23-37(20-15-27(28)31(39)41-33)32(40)34-22-25-11-7-8-14-29(25)35-30(38)16-19-36-17-9-4-10-18-36/h3,5-8,11-14,24H,4,9-10,15-23H2,1-2H3,(H,34,40)(H,35,38). The monoisotopic (exact) mass is 558 g/mol. The normalized spacial score (nSPS) is 21.0. The maximum atomic E-state index is 13.4. The molecule has 5 rings (SSSR count). The summed E-state index contributed by atoms with van der Waals surface area (Å²) in [6, 6.07) is 17.3. The van der Waals surface area contributed by atoms with Crippen molar-refractivity contribution >= 4 is 23.6 Å². The minimum Gasteiger partial charge on any atom is -0.446 e. The van der Waals surface area contributed by atoms with Gasteiger partial charge in [-0.2, -0.15) is 0 Å². The van der Waals surface area contributed by atoms with Crippen LogP contribution in [0.4, 0.5) is 10.5 Å². The summed E-state index contributed by atoms with van der Waals surface area (Å²) < 4.78 is 6.15. The van der Waals surface area contributed by atoms with E-state index in [2.05, 4.69) is 29.4 Å². The fourth-order valence-electron chi connectivity index (χ4n) is 6.35. The number of carbonyl (C=O) groups is 3. The molecule has 0 spiro atoms. The van der Waals surface area contributed by atoms with Crippen molar-refractivity contribution in [1.29, 1.82) is 0 Å². The molecule has 3 aliphatic heterocycles. The summed E-state index contributed by atoms with van der Waals surface area (Å²) in [5.41, 5.74) is 3.25. The van der Waals surface area contributed by atoms with E-state index >= 15 is 0 Å². The van der Waals surface area contributed by atoms with Crippen molar-refractivity contribution in [3.8, 4) is 0 Å². The number of likely N-dealkylation sites (tertiary alicyclic amines) is 1. The van der Waals surface area contributed by atoms with Crippen LogP contribution in [0.2, 0.25) is 0 Å². The molecule has 2 aromatic carbocycles. The molecule has 8 heteroatoms. The summed E-state index contributed by atoms with van der Waals surface area (Å²) in [5.74, 6) is -0.00158. The molecule has 2 aromatic rings. The van der Waals surface area contributed by atoms with Crippen molar-refractivity contribution in [1.82, 2.24) is 15.1 Å². The lowest BCUT2D eigenvalue weighted by Crippen LogP contribution is -2.46. The first-order chi connectivity index (χ1) is 19.9. The average molecular weight is 559 g/mol. The highest BCUT2D eigenvalue weighted by molar-refractivity contribution is 5.94. The SMILES string of the molecule is CC(C)CC1(c2ccccc2)OC(=O)C2=C1CN(C(=O)NCc1ccccc1NC(=O)CCN1CCCCC1)CC2. The van der Waals surface area contributed by atoms with Gasteiger partial charge in [0.05, 0.1) is 0 Å². The van der Waals surface area contributed by atoms with E-state index in [1.807, 2.05) is 54.6 Å². The molecule has 1 fully saturated rings. The predicted octanol–water partition coefficient (Wildman–Crippen LogP) is 5.21. The zero-order chi connectivity index (χ0) is 28.8. The molecule has 0 radical (unpaired) electrons. The molecule has 2 N–H and O–H groups in total. The van der Waals surface area contributed by atoms with E-state index in [1.165, 1.54) is 19.3 Å². The van der Waals surface area contributed by atoms with Crippen LogP contribution in [0.15, 0.2) is 65.7 Å². The lowest BCUT2D eigenvalue weighted by atomic mass is 9.77. The Morgan fingerprint density at radius 3 is 2.46 bits per heavy atom. The number of rotatable bonds is 9. The van der Waals surface area contributed by atoms with Crippen molar-refractivity contribution in [3.05, 3.63) is 76.9 Å². The summed E-state index contributed by atoms with van der Waals surface area (Å²) in [5, 5.41) is 6.09. The van der Waals surface area contributed by atoms with Gasteiger partial charge < -0.3 is 25.2 Å². The fraction of sp³-hybridized carbons (Fsp3) is 0.485. The molecular weight excluding hydrogens is 516 g/mol. The van der Waals surface area contributed by atoms with Gasteiger partial charge in [-0.3, -0.25) is 4.79 Å². The number of nitrogens with zero attached hydrogens (tertiary/aromatic N) is 2. The highest BCUT2D eigenvalue weighted by Gasteiger charge is 2.50. The number of cyclic esters (lactones) is 1. The van der Waals surface area contributed by atoms with Gasteiger partial charge in [0.1, 0.15) is 0 Å². The van der Waals surface area contributed by atoms with E-state index < -0.39 is 5.60 Å². The first-order valence-electron chi connectivity index (χ1n) is 15.0. The Hall–Kier alpha value is -3.65. The zero-order valence-corrected chi connectivity index (χ0v) is 24.3. The van der Waals surface area contributed by atoms with Crippen molar-refractivity contribution in [2.24, 2.45) is 5.92 Å². The third-order valence-electron chi connectivity index (χ3n) is 8.39. The van der Waals surface area contributed by atoms with Crippen LogP contribution >= 0.6 is 0 Å². The Labute approximate surface area is 243 Å².